The van der Waals surface area contributed by atoms with E-state index in [2.05, 4.69) is 30.8 Å². The predicted octanol–water partition coefficient (Wildman–Crippen LogP) is 0.447. The van der Waals surface area contributed by atoms with Gasteiger partial charge in [0.05, 0.1) is 0 Å². The average molecular weight is 326 g/mol. The summed E-state index contributed by atoms with van der Waals surface area (Å²) in [6.45, 7) is 7.06. The maximum Gasteiger partial charge on any atom is 0.347 e. The molecule has 2 fully saturated rings. The molecule has 0 N–H and O–H groups in total. The number of anilines is 1. The number of hydrogen-bond acceptors (Lipinski definition) is 6. The summed E-state index contributed by atoms with van der Waals surface area (Å²) in [5.74, 6) is 2.37. The Morgan fingerprint density at radius 2 is 1.88 bits per heavy atom. The molecule has 4 heterocycles. The quantitative estimate of drug-likeness (QED) is 0.816. The summed E-state index contributed by atoms with van der Waals surface area (Å²) in [5, 5.41) is 0. The third-order valence-electron chi connectivity index (χ3n) is 5.23. The van der Waals surface area contributed by atoms with Crippen molar-refractivity contribution < 1.29 is 0 Å². The van der Waals surface area contributed by atoms with Crippen LogP contribution in [0.15, 0.2) is 29.5 Å². The van der Waals surface area contributed by atoms with Crippen LogP contribution < -0.4 is 10.6 Å². The molecule has 2 aromatic heterocycles. The van der Waals surface area contributed by atoms with E-state index < -0.39 is 0 Å². The molecular weight excluding hydrogens is 304 g/mol. The lowest BCUT2D eigenvalue weighted by molar-refractivity contribution is 0.300. The van der Waals surface area contributed by atoms with Crippen molar-refractivity contribution in [1.82, 2.24) is 24.4 Å². The van der Waals surface area contributed by atoms with Gasteiger partial charge in [-0.25, -0.2) is 19.7 Å². The fraction of sp³-hybridized carbons (Fsp3) is 0.529. The van der Waals surface area contributed by atoms with Crippen LogP contribution in [-0.4, -0.2) is 50.6 Å². The first-order valence-corrected chi connectivity index (χ1v) is 8.37. The molecule has 0 aliphatic carbocycles. The van der Waals surface area contributed by atoms with Crippen molar-refractivity contribution in [1.29, 1.82) is 0 Å². The summed E-state index contributed by atoms with van der Waals surface area (Å²) in [4.78, 5) is 28.9. The summed E-state index contributed by atoms with van der Waals surface area (Å²) in [7, 11) is 1.79. The second kappa shape index (κ2) is 5.98. The first-order chi connectivity index (χ1) is 11.6. The minimum Gasteiger partial charge on any atom is -0.356 e. The van der Waals surface area contributed by atoms with Gasteiger partial charge in [0, 0.05) is 63.4 Å². The first-order valence-electron chi connectivity index (χ1n) is 8.37. The number of aryl methyl sites for hydroxylation is 1. The highest BCUT2D eigenvalue weighted by atomic mass is 16.1. The number of fused-ring (bicyclic) bond motifs is 1. The van der Waals surface area contributed by atoms with Gasteiger partial charge in [-0.15, -0.1) is 0 Å². The van der Waals surface area contributed by atoms with Crippen molar-refractivity contribution in [3.8, 4) is 0 Å². The molecule has 0 amide bonds. The molecule has 2 unspecified atom stereocenters. The SMILES string of the molecule is Cc1cc(N2CC3CN(Cc4ccnc(=O)n4C)CC3C2)ncn1. The first kappa shape index (κ1) is 15.3. The van der Waals surface area contributed by atoms with E-state index in [0.717, 1.165) is 49.9 Å². The lowest BCUT2D eigenvalue weighted by Crippen LogP contribution is -2.31. The molecule has 2 aromatic rings. The molecule has 2 aliphatic heterocycles. The Labute approximate surface area is 141 Å². The van der Waals surface area contributed by atoms with Gasteiger partial charge in [-0.2, -0.15) is 0 Å². The monoisotopic (exact) mass is 326 g/mol. The molecule has 2 saturated heterocycles. The highest BCUT2D eigenvalue weighted by Crippen LogP contribution is 2.33. The highest BCUT2D eigenvalue weighted by Gasteiger charge is 2.40. The number of likely N-dealkylation sites (tertiary alicyclic amines) is 1. The fourth-order valence-corrected chi connectivity index (χ4v) is 3.92. The summed E-state index contributed by atoms with van der Waals surface area (Å²) in [6.07, 6.45) is 3.25. The molecule has 4 rings (SSSR count). The Morgan fingerprint density at radius 1 is 1.12 bits per heavy atom. The number of hydrogen-bond donors (Lipinski definition) is 0. The van der Waals surface area contributed by atoms with E-state index in [1.165, 1.54) is 0 Å². The van der Waals surface area contributed by atoms with Gasteiger partial charge in [0.25, 0.3) is 0 Å². The molecular formula is C17H22N6O. The standard InChI is InChI=1S/C17H22N6O/c1-12-5-16(20-11-19-12)23-8-13-6-22(7-14(13)9-23)10-15-3-4-18-17(24)21(15)2/h3-5,11,13-14H,6-10H2,1-2H3. The largest absolute Gasteiger partial charge is 0.356 e. The minimum absolute atomic E-state index is 0.183. The lowest BCUT2D eigenvalue weighted by atomic mass is 10.0. The van der Waals surface area contributed by atoms with Crippen molar-refractivity contribution in [3.05, 3.63) is 46.5 Å². The normalized spacial score (nSPS) is 23.7. The topological polar surface area (TPSA) is 67.2 Å². The Hall–Kier alpha value is -2.28. The zero-order valence-corrected chi connectivity index (χ0v) is 14.1. The molecule has 7 heteroatoms. The molecule has 7 nitrogen and oxygen atoms in total. The van der Waals surface area contributed by atoms with E-state index in [1.54, 1.807) is 24.1 Å². The van der Waals surface area contributed by atoms with Gasteiger partial charge >= 0.3 is 5.69 Å². The van der Waals surface area contributed by atoms with E-state index in [0.29, 0.717) is 11.8 Å². The van der Waals surface area contributed by atoms with Gasteiger partial charge in [-0.3, -0.25) is 9.47 Å². The van der Waals surface area contributed by atoms with Crippen LogP contribution in [0, 0.1) is 18.8 Å². The maximum absolute atomic E-state index is 11.7. The summed E-state index contributed by atoms with van der Waals surface area (Å²) in [5.41, 5.74) is 1.85. The number of aromatic nitrogens is 4. The molecule has 2 atom stereocenters. The Bertz CT molecular complexity index is 790. The van der Waals surface area contributed by atoms with E-state index in [-0.39, 0.29) is 5.69 Å². The van der Waals surface area contributed by atoms with Crippen LogP contribution in [0.4, 0.5) is 5.82 Å². The van der Waals surface area contributed by atoms with Crippen LogP contribution in [-0.2, 0) is 13.6 Å². The molecule has 0 radical (unpaired) electrons. The number of rotatable bonds is 3. The van der Waals surface area contributed by atoms with Crippen molar-refractivity contribution in [2.45, 2.75) is 13.5 Å². The van der Waals surface area contributed by atoms with Gasteiger partial charge in [0.15, 0.2) is 0 Å². The van der Waals surface area contributed by atoms with E-state index >= 15 is 0 Å². The van der Waals surface area contributed by atoms with Crippen LogP contribution in [0.2, 0.25) is 0 Å². The Balaban J connectivity index is 1.41. The van der Waals surface area contributed by atoms with Crippen molar-refractivity contribution in [3.63, 3.8) is 0 Å². The third kappa shape index (κ3) is 2.80. The second-order valence-electron chi connectivity index (χ2n) is 6.91. The minimum atomic E-state index is -0.183. The van der Waals surface area contributed by atoms with Crippen LogP contribution in [0.3, 0.4) is 0 Å². The van der Waals surface area contributed by atoms with Gasteiger partial charge in [0.2, 0.25) is 0 Å². The molecule has 0 spiro atoms. The van der Waals surface area contributed by atoms with Crippen molar-refractivity contribution in [2.24, 2.45) is 18.9 Å². The Kier molecular flexibility index (Phi) is 3.80. The van der Waals surface area contributed by atoms with Crippen molar-refractivity contribution >= 4 is 5.82 Å². The highest BCUT2D eigenvalue weighted by molar-refractivity contribution is 5.40. The third-order valence-corrected chi connectivity index (χ3v) is 5.23. The van der Waals surface area contributed by atoms with Crippen LogP contribution in [0.25, 0.3) is 0 Å². The fourth-order valence-electron chi connectivity index (χ4n) is 3.92. The molecule has 24 heavy (non-hydrogen) atoms. The molecule has 2 aliphatic rings. The second-order valence-corrected chi connectivity index (χ2v) is 6.91. The van der Waals surface area contributed by atoms with Crippen molar-refractivity contribution in [2.75, 3.05) is 31.1 Å². The lowest BCUT2D eigenvalue weighted by Gasteiger charge is -2.22. The van der Waals surface area contributed by atoms with E-state index in [4.69, 9.17) is 0 Å². The van der Waals surface area contributed by atoms with Crippen LogP contribution in [0.1, 0.15) is 11.4 Å². The Morgan fingerprint density at radius 3 is 2.58 bits per heavy atom. The molecule has 126 valence electrons. The molecule has 0 aromatic carbocycles. The van der Waals surface area contributed by atoms with Crippen LogP contribution in [0.5, 0.6) is 0 Å². The van der Waals surface area contributed by atoms with Gasteiger partial charge in [0.1, 0.15) is 12.1 Å². The summed E-state index contributed by atoms with van der Waals surface area (Å²) in [6, 6.07) is 4.00. The number of nitrogens with zero attached hydrogens (tertiary/aromatic N) is 6. The van der Waals surface area contributed by atoms with Crippen LogP contribution >= 0.6 is 0 Å². The maximum atomic E-state index is 11.7. The molecule has 0 saturated carbocycles. The van der Waals surface area contributed by atoms with E-state index in [1.807, 2.05) is 13.0 Å². The average Bonchev–Trinajstić information content (AvgIpc) is 3.10. The zero-order chi connectivity index (χ0) is 16.7. The van der Waals surface area contributed by atoms with E-state index in [9.17, 15) is 4.79 Å². The summed E-state index contributed by atoms with van der Waals surface area (Å²) < 4.78 is 1.64. The molecule has 0 bridgehead atoms. The zero-order valence-electron chi connectivity index (χ0n) is 14.1. The smallest absolute Gasteiger partial charge is 0.347 e. The summed E-state index contributed by atoms with van der Waals surface area (Å²) >= 11 is 0. The van der Waals surface area contributed by atoms with Gasteiger partial charge in [-0.05, 0) is 24.8 Å². The van der Waals surface area contributed by atoms with Gasteiger partial charge < -0.3 is 4.90 Å². The predicted molar refractivity (Wildman–Crippen MR) is 90.7 cm³/mol. The van der Waals surface area contributed by atoms with Gasteiger partial charge in [-0.1, -0.05) is 0 Å².